The second kappa shape index (κ2) is 4.84. The summed E-state index contributed by atoms with van der Waals surface area (Å²) >= 11 is 0. The minimum Gasteiger partial charge on any atom is -0.496 e. The van der Waals surface area contributed by atoms with E-state index in [1.807, 2.05) is 13.8 Å². The van der Waals surface area contributed by atoms with Crippen molar-refractivity contribution in [2.45, 2.75) is 33.6 Å². The Balaban J connectivity index is 3.44. The Hall–Kier alpha value is -1.16. The molecule has 2 nitrogen and oxygen atoms in total. The molecule has 0 unspecified atom stereocenters. The van der Waals surface area contributed by atoms with Gasteiger partial charge in [0.25, 0.3) is 5.92 Å². The molecule has 0 saturated carbocycles. The molecule has 1 rings (SSSR count). The Bertz CT molecular complexity index is 442. The predicted octanol–water partition coefficient (Wildman–Crippen LogP) is 3.39. The lowest BCUT2D eigenvalue weighted by Gasteiger charge is -2.34. The number of nitrogens with two attached hydrogens (primary N) is 1. The first-order valence-corrected chi connectivity index (χ1v) is 5.91. The normalized spacial score (nSPS) is 12.7. The van der Waals surface area contributed by atoms with Crippen molar-refractivity contribution in [1.82, 2.24) is 0 Å². The summed E-state index contributed by atoms with van der Waals surface area (Å²) in [6.07, 6.45) is 0. The lowest BCUT2D eigenvalue weighted by atomic mass is 9.80. The molecule has 0 aliphatic carbocycles. The van der Waals surface area contributed by atoms with Gasteiger partial charge in [-0.2, -0.15) is 0 Å². The first-order valence-electron chi connectivity index (χ1n) is 5.91. The third-order valence-corrected chi connectivity index (χ3v) is 3.51. The maximum absolute atomic E-state index is 14.5. The lowest BCUT2D eigenvalue weighted by molar-refractivity contribution is -0.110. The summed E-state index contributed by atoms with van der Waals surface area (Å²) < 4.78 is 34.2. The van der Waals surface area contributed by atoms with Gasteiger partial charge >= 0.3 is 0 Å². The highest BCUT2D eigenvalue weighted by molar-refractivity contribution is 5.44. The summed E-state index contributed by atoms with van der Waals surface area (Å²) in [5.74, 6) is -2.82. The highest BCUT2D eigenvalue weighted by Gasteiger charge is 2.49. The van der Waals surface area contributed by atoms with Gasteiger partial charge in [0.2, 0.25) is 0 Å². The van der Waals surface area contributed by atoms with Gasteiger partial charge in [-0.15, -0.1) is 0 Å². The quantitative estimate of drug-likeness (QED) is 0.897. The van der Waals surface area contributed by atoms with Crippen LogP contribution in [0.15, 0.2) is 12.1 Å². The van der Waals surface area contributed by atoms with E-state index in [2.05, 4.69) is 0 Å². The van der Waals surface area contributed by atoms with Gasteiger partial charge in [-0.25, -0.2) is 8.78 Å². The fraction of sp³-hybridized carbons (Fsp3) is 0.571. The van der Waals surface area contributed by atoms with Gasteiger partial charge in [-0.05, 0) is 37.1 Å². The van der Waals surface area contributed by atoms with Gasteiger partial charge in [0.05, 0.1) is 12.7 Å². The molecule has 1 aromatic rings. The summed E-state index contributed by atoms with van der Waals surface area (Å²) in [6, 6.07) is 3.14. The van der Waals surface area contributed by atoms with Crippen molar-refractivity contribution in [2.75, 3.05) is 13.7 Å². The SMILES string of the molecule is COc1cc(C)c(C)cc1C(F)(F)C(C)(C)CN. The minimum atomic E-state index is -3.04. The Morgan fingerprint density at radius 3 is 2.11 bits per heavy atom. The van der Waals surface area contributed by atoms with Gasteiger partial charge in [0, 0.05) is 12.0 Å². The number of hydrogen-bond donors (Lipinski definition) is 1. The number of halogens is 2. The van der Waals surface area contributed by atoms with Gasteiger partial charge in [0.1, 0.15) is 5.75 Å². The molecule has 0 spiro atoms. The molecular formula is C14H21F2NO. The molecule has 0 atom stereocenters. The van der Waals surface area contributed by atoms with E-state index in [1.165, 1.54) is 27.0 Å². The largest absolute Gasteiger partial charge is 0.496 e. The van der Waals surface area contributed by atoms with Gasteiger partial charge < -0.3 is 10.5 Å². The predicted molar refractivity (Wildman–Crippen MR) is 69.2 cm³/mol. The highest BCUT2D eigenvalue weighted by atomic mass is 19.3. The lowest BCUT2D eigenvalue weighted by Crippen LogP contribution is -2.40. The van der Waals surface area contributed by atoms with Crippen molar-refractivity contribution in [3.63, 3.8) is 0 Å². The van der Waals surface area contributed by atoms with E-state index in [4.69, 9.17) is 10.5 Å². The molecule has 4 heteroatoms. The number of methoxy groups -OCH3 is 1. The van der Waals surface area contributed by atoms with Gasteiger partial charge in [-0.3, -0.25) is 0 Å². The van der Waals surface area contributed by atoms with Crippen LogP contribution in [0.1, 0.15) is 30.5 Å². The van der Waals surface area contributed by atoms with Crippen LogP contribution in [-0.4, -0.2) is 13.7 Å². The van der Waals surface area contributed by atoms with Crippen molar-refractivity contribution in [3.8, 4) is 5.75 Å². The second-order valence-corrected chi connectivity index (χ2v) is 5.30. The molecule has 2 N–H and O–H groups in total. The van der Waals surface area contributed by atoms with Crippen LogP contribution < -0.4 is 10.5 Å². The molecule has 0 radical (unpaired) electrons. The molecule has 0 saturated heterocycles. The zero-order valence-electron chi connectivity index (χ0n) is 11.6. The van der Waals surface area contributed by atoms with Crippen LogP contribution in [0.5, 0.6) is 5.75 Å². The third kappa shape index (κ3) is 2.34. The van der Waals surface area contributed by atoms with E-state index in [1.54, 1.807) is 6.07 Å². The van der Waals surface area contributed by atoms with Gasteiger partial charge in [0.15, 0.2) is 0 Å². The Labute approximate surface area is 107 Å². The van der Waals surface area contributed by atoms with Crippen molar-refractivity contribution in [1.29, 1.82) is 0 Å². The van der Waals surface area contributed by atoms with Crippen molar-refractivity contribution in [2.24, 2.45) is 11.1 Å². The number of benzene rings is 1. The molecule has 102 valence electrons. The average molecular weight is 257 g/mol. The number of hydrogen-bond acceptors (Lipinski definition) is 2. The zero-order valence-corrected chi connectivity index (χ0v) is 11.6. The first-order chi connectivity index (χ1) is 8.17. The Kier molecular flexibility index (Phi) is 4.01. The fourth-order valence-corrected chi connectivity index (χ4v) is 1.70. The summed E-state index contributed by atoms with van der Waals surface area (Å²) in [6.45, 7) is 6.50. The third-order valence-electron chi connectivity index (χ3n) is 3.51. The molecule has 0 aromatic heterocycles. The minimum absolute atomic E-state index is 0.0939. The van der Waals surface area contributed by atoms with Gasteiger partial charge in [-0.1, -0.05) is 13.8 Å². The maximum Gasteiger partial charge on any atom is 0.282 e. The summed E-state index contributed by atoms with van der Waals surface area (Å²) in [5.41, 5.74) is 5.80. The topological polar surface area (TPSA) is 35.2 Å². The number of alkyl halides is 2. The summed E-state index contributed by atoms with van der Waals surface area (Å²) in [4.78, 5) is 0. The van der Waals surface area contributed by atoms with E-state index in [0.29, 0.717) is 0 Å². The van der Waals surface area contributed by atoms with Crippen molar-refractivity contribution >= 4 is 0 Å². The molecule has 0 aliphatic heterocycles. The fourth-order valence-electron chi connectivity index (χ4n) is 1.70. The summed E-state index contributed by atoms with van der Waals surface area (Å²) in [7, 11) is 1.40. The van der Waals surface area contributed by atoms with Crippen LogP contribution in [0.25, 0.3) is 0 Å². The smallest absolute Gasteiger partial charge is 0.282 e. The molecular weight excluding hydrogens is 236 g/mol. The van der Waals surface area contributed by atoms with Crippen LogP contribution in [0.2, 0.25) is 0 Å². The van der Waals surface area contributed by atoms with E-state index >= 15 is 0 Å². The molecule has 0 amide bonds. The molecule has 0 heterocycles. The zero-order chi connectivity index (χ0) is 14.1. The van der Waals surface area contributed by atoms with E-state index < -0.39 is 11.3 Å². The molecule has 0 aliphatic rings. The first kappa shape index (κ1) is 14.9. The standard InChI is InChI=1S/C14H21F2NO/c1-9-6-11(12(18-5)7-10(9)2)14(15,16)13(3,4)8-17/h6-7H,8,17H2,1-5H3. The average Bonchev–Trinajstić information content (AvgIpc) is 2.31. The number of rotatable bonds is 4. The molecule has 1 aromatic carbocycles. The maximum atomic E-state index is 14.5. The second-order valence-electron chi connectivity index (χ2n) is 5.30. The van der Waals surface area contributed by atoms with Crippen LogP contribution in [-0.2, 0) is 5.92 Å². The van der Waals surface area contributed by atoms with Crippen molar-refractivity contribution in [3.05, 3.63) is 28.8 Å². The van der Waals surface area contributed by atoms with Crippen molar-refractivity contribution < 1.29 is 13.5 Å². The van der Waals surface area contributed by atoms with Crippen LogP contribution in [0.3, 0.4) is 0 Å². The van der Waals surface area contributed by atoms with Crippen LogP contribution in [0.4, 0.5) is 8.78 Å². The number of ether oxygens (including phenoxy) is 1. The highest BCUT2D eigenvalue weighted by Crippen LogP contribution is 2.47. The Morgan fingerprint density at radius 2 is 1.67 bits per heavy atom. The monoisotopic (exact) mass is 257 g/mol. The Morgan fingerprint density at radius 1 is 1.17 bits per heavy atom. The van der Waals surface area contributed by atoms with E-state index in [-0.39, 0.29) is 17.9 Å². The molecule has 0 fully saturated rings. The molecule has 18 heavy (non-hydrogen) atoms. The van der Waals surface area contributed by atoms with E-state index in [0.717, 1.165) is 11.1 Å². The summed E-state index contributed by atoms with van der Waals surface area (Å²) in [5, 5.41) is 0. The number of aryl methyl sites for hydroxylation is 2. The molecule has 0 bridgehead atoms. The van der Waals surface area contributed by atoms with Crippen LogP contribution >= 0.6 is 0 Å². The van der Waals surface area contributed by atoms with E-state index in [9.17, 15) is 8.78 Å². The van der Waals surface area contributed by atoms with Crippen LogP contribution in [0, 0.1) is 19.3 Å².